The average Bonchev–Trinajstić information content (AvgIpc) is 3.06. The van der Waals surface area contributed by atoms with Gasteiger partial charge in [-0.25, -0.2) is 25.9 Å². The predicted molar refractivity (Wildman–Crippen MR) is 104 cm³/mol. The third-order valence-electron chi connectivity index (χ3n) is 3.43. The minimum Gasteiger partial charge on any atom is -0.351 e. The number of halogens is 1. The Labute approximate surface area is 167 Å². The molecule has 27 heavy (non-hydrogen) atoms. The van der Waals surface area contributed by atoms with Crippen LogP contribution >= 0.6 is 22.9 Å². The van der Waals surface area contributed by atoms with Gasteiger partial charge in [0.2, 0.25) is 15.9 Å². The Bertz CT molecular complexity index is 1020. The zero-order valence-corrected chi connectivity index (χ0v) is 17.7. The zero-order valence-electron chi connectivity index (χ0n) is 14.5. The molecule has 2 aromatic rings. The van der Waals surface area contributed by atoms with Crippen molar-refractivity contribution in [2.24, 2.45) is 0 Å². The van der Waals surface area contributed by atoms with Crippen LogP contribution in [0.15, 0.2) is 45.5 Å². The van der Waals surface area contributed by atoms with E-state index in [1.165, 1.54) is 38.4 Å². The van der Waals surface area contributed by atoms with E-state index in [1.807, 2.05) is 0 Å². The van der Waals surface area contributed by atoms with Gasteiger partial charge in [0, 0.05) is 20.6 Å². The fraction of sp³-hybridized carbons (Fsp3) is 0.267. The molecule has 1 aromatic carbocycles. The first-order valence-corrected chi connectivity index (χ1v) is 11.7. The molecule has 0 spiro atoms. The number of benzene rings is 1. The van der Waals surface area contributed by atoms with Crippen LogP contribution in [0.2, 0.25) is 4.34 Å². The van der Waals surface area contributed by atoms with Crippen LogP contribution in [0.4, 0.5) is 0 Å². The molecule has 2 N–H and O–H groups in total. The van der Waals surface area contributed by atoms with Gasteiger partial charge in [-0.2, -0.15) is 0 Å². The predicted octanol–water partition coefficient (Wildman–Crippen LogP) is 1.25. The van der Waals surface area contributed by atoms with Crippen LogP contribution in [-0.4, -0.2) is 47.7 Å². The summed E-state index contributed by atoms with van der Waals surface area (Å²) in [5.74, 6) is -0.522. The van der Waals surface area contributed by atoms with Gasteiger partial charge in [-0.15, -0.1) is 11.3 Å². The maximum Gasteiger partial charge on any atom is 0.250 e. The Morgan fingerprint density at radius 2 is 1.70 bits per heavy atom. The van der Waals surface area contributed by atoms with E-state index in [9.17, 15) is 21.6 Å². The van der Waals surface area contributed by atoms with Gasteiger partial charge in [0.1, 0.15) is 4.21 Å². The lowest BCUT2D eigenvalue weighted by Gasteiger charge is -2.12. The molecule has 0 saturated carbocycles. The van der Waals surface area contributed by atoms with Crippen LogP contribution in [0.3, 0.4) is 0 Å². The van der Waals surface area contributed by atoms with Crippen molar-refractivity contribution in [3.63, 3.8) is 0 Å². The molecule has 0 radical (unpaired) electrons. The standard InChI is InChI=1S/C15H18ClN3O5S3/c1-19(2)27(23,24)12-5-3-11(4-6-12)9-17-14(20)10-18-26(21,22)15-8-7-13(16)25-15/h3-8,18H,9-10H2,1-2H3,(H,17,20). The fourth-order valence-corrected chi connectivity index (χ4v) is 5.34. The third-order valence-corrected chi connectivity index (χ3v) is 8.38. The van der Waals surface area contributed by atoms with Gasteiger partial charge >= 0.3 is 0 Å². The maximum atomic E-state index is 12.0. The van der Waals surface area contributed by atoms with Crippen LogP contribution in [0.5, 0.6) is 0 Å². The second-order valence-electron chi connectivity index (χ2n) is 5.59. The first-order valence-electron chi connectivity index (χ1n) is 7.55. The Morgan fingerprint density at radius 3 is 2.22 bits per heavy atom. The summed E-state index contributed by atoms with van der Waals surface area (Å²) >= 11 is 6.60. The number of sulfonamides is 2. The molecule has 0 atom stereocenters. The number of hydrogen-bond acceptors (Lipinski definition) is 6. The van der Waals surface area contributed by atoms with E-state index in [0.29, 0.717) is 9.90 Å². The second-order valence-corrected chi connectivity index (χ2v) is 11.5. The van der Waals surface area contributed by atoms with Crippen molar-refractivity contribution < 1.29 is 21.6 Å². The van der Waals surface area contributed by atoms with E-state index in [4.69, 9.17) is 11.6 Å². The molecular formula is C15H18ClN3O5S3. The summed E-state index contributed by atoms with van der Waals surface area (Å²) in [6.07, 6.45) is 0. The molecule has 1 aromatic heterocycles. The molecule has 1 amide bonds. The summed E-state index contributed by atoms with van der Waals surface area (Å²) in [6, 6.07) is 8.86. The SMILES string of the molecule is CN(C)S(=O)(=O)c1ccc(CNC(=O)CNS(=O)(=O)c2ccc(Cl)s2)cc1. The monoisotopic (exact) mass is 451 g/mol. The minimum atomic E-state index is -3.80. The molecule has 148 valence electrons. The zero-order chi connectivity index (χ0) is 20.2. The van der Waals surface area contributed by atoms with Crippen molar-refractivity contribution in [2.45, 2.75) is 15.6 Å². The summed E-state index contributed by atoms with van der Waals surface area (Å²) in [4.78, 5) is 12.0. The number of carbonyl (C=O) groups excluding carboxylic acids is 1. The lowest BCUT2D eigenvalue weighted by molar-refractivity contribution is -0.120. The summed E-state index contributed by atoms with van der Waals surface area (Å²) in [5.41, 5.74) is 0.675. The van der Waals surface area contributed by atoms with E-state index in [2.05, 4.69) is 10.0 Å². The Kier molecular flexibility index (Phi) is 7.00. The van der Waals surface area contributed by atoms with E-state index in [-0.39, 0.29) is 15.6 Å². The number of rotatable bonds is 8. The smallest absolute Gasteiger partial charge is 0.250 e. The van der Waals surface area contributed by atoms with Gasteiger partial charge in [0.05, 0.1) is 15.8 Å². The van der Waals surface area contributed by atoms with E-state index in [0.717, 1.165) is 15.6 Å². The van der Waals surface area contributed by atoms with Crippen LogP contribution in [0.25, 0.3) is 0 Å². The molecule has 0 unspecified atom stereocenters. The molecular weight excluding hydrogens is 434 g/mol. The summed E-state index contributed by atoms with van der Waals surface area (Å²) in [5, 5.41) is 2.56. The highest BCUT2D eigenvalue weighted by molar-refractivity contribution is 7.91. The van der Waals surface area contributed by atoms with Gasteiger partial charge in [-0.1, -0.05) is 23.7 Å². The van der Waals surface area contributed by atoms with Crippen LogP contribution < -0.4 is 10.0 Å². The Hall–Kier alpha value is -1.50. The number of amides is 1. The molecule has 0 aliphatic heterocycles. The van der Waals surface area contributed by atoms with Crippen molar-refractivity contribution >= 4 is 48.9 Å². The normalized spacial score (nSPS) is 12.3. The Balaban J connectivity index is 1.89. The summed E-state index contributed by atoms with van der Waals surface area (Å²) in [7, 11) is -4.43. The largest absolute Gasteiger partial charge is 0.351 e. The van der Waals surface area contributed by atoms with Crippen LogP contribution in [0.1, 0.15) is 5.56 Å². The highest BCUT2D eigenvalue weighted by Gasteiger charge is 2.18. The highest BCUT2D eigenvalue weighted by atomic mass is 35.5. The van der Waals surface area contributed by atoms with Crippen molar-refractivity contribution in [1.29, 1.82) is 0 Å². The van der Waals surface area contributed by atoms with Gasteiger partial charge in [-0.3, -0.25) is 4.79 Å². The third kappa shape index (κ3) is 5.74. The van der Waals surface area contributed by atoms with Crippen LogP contribution in [-0.2, 0) is 31.4 Å². The minimum absolute atomic E-state index is 0.0259. The number of thiophene rings is 1. The number of nitrogens with zero attached hydrogens (tertiary/aromatic N) is 1. The average molecular weight is 452 g/mol. The number of nitrogens with one attached hydrogen (secondary N) is 2. The molecule has 0 aliphatic rings. The van der Waals surface area contributed by atoms with Crippen molar-refractivity contribution in [3.05, 3.63) is 46.3 Å². The number of hydrogen-bond donors (Lipinski definition) is 2. The second kappa shape index (κ2) is 8.67. The highest BCUT2D eigenvalue weighted by Crippen LogP contribution is 2.25. The fourth-order valence-electron chi connectivity index (χ4n) is 1.93. The summed E-state index contributed by atoms with van der Waals surface area (Å²) < 4.78 is 51.7. The molecule has 0 bridgehead atoms. The molecule has 0 fully saturated rings. The van der Waals surface area contributed by atoms with Crippen molar-refractivity contribution in [2.75, 3.05) is 20.6 Å². The quantitative estimate of drug-likeness (QED) is 0.627. The topological polar surface area (TPSA) is 113 Å². The summed E-state index contributed by atoms with van der Waals surface area (Å²) in [6.45, 7) is -0.293. The van der Waals surface area contributed by atoms with Gasteiger partial charge in [-0.05, 0) is 29.8 Å². The van der Waals surface area contributed by atoms with Gasteiger partial charge in [0.25, 0.3) is 10.0 Å². The lowest BCUT2D eigenvalue weighted by Crippen LogP contribution is -2.36. The van der Waals surface area contributed by atoms with Crippen molar-refractivity contribution in [1.82, 2.24) is 14.3 Å². The molecule has 2 rings (SSSR count). The molecule has 1 heterocycles. The first kappa shape index (κ1) is 21.8. The van der Waals surface area contributed by atoms with Crippen molar-refractivity contribution in [3.8, 4) is 0 Å². The number of carbonyl (C=O) groups is 1. The Morgan fingerprint density at radius 1 is 1.07 bits per heavy atom. The molecule has 12 heteroatoms. The van der Waals surface area contributed by atoms with Gasteiger partial charge < -0.3 is 5.32 Å². The van der Waals surface area contributed by atoms with E-state index < -0.39 is 32.5 Å². The lowest BCUT2D eigenvalue weighted by atomic mass is 10.2. The first-order chi connectivity index (χ1) is 12.5. The molecule has 0 saturated heterocycles. The van der Waals surface area contributed by atoms with E-state index in [1.54, 1.807) is 12.1 Å². The van der Waals surface area contributed by atoms with Crippen LogP contribution in [0, 0.1) is 0 Å². The maximum absolute atomic E-state index is 12.0. The van der Waals surface area contributed by atoms with Gasteiger partial charge in [0.15, 0.2) is 0 Å². The molecule has 8 nitrogen and oxygen atoms in total. The molecule has 0 aliphatic carbocycles. The van der Waals surface area contributed by atoms with E-state index >= 15 is 0 Å².